The fourth-order valence-electron chi connectivity index (χ4n) is 2.77. The minimum absolute atomic E-state index is 0.130. The lowest BCUT2D eigenvalue weighted by molar-refractivity contribution is -0.344. The molecule has 0 saturated carbocycles. The molecule has 0 spiro atoms. The lowest BCUT2D eigenvalue weighted by Crippen LogP contribution is -2.62. The minimum Gasteiger partial charge on any atom is -0.394 e. The maximum absolute atomic E-state index is 10.1. The zero-order valence-electron chi connectivity index (χ0n) is 12.6. The smallest absolute Gasteiger partial charge is 0.184 e. The summed E-state index contributed by atoms with van der Waals surface area (Å²) in [5.74, 6) is 0. The molecule has 2 saturated heterocycles. The number of hydrogen-bond acceptors (Lipinski definition) is 10. The molecule has 10 nitrogen and oxygen atoms in total. The van der Waals surface area contributed by atoms with E-state index in [-0.39, 0.29) is 13.0 Å². The average Bonchev–Trinajstić information content (AvgIpc) is 2.55. The van der Waals surface area contributed by atoms with E-state index in [1.807, 2.05) is 0 Å². The molecule has 2 aliphatic heterocycles. The molecular formula is C13H24O10. The van der Waals surface area contributed by atoms with Crippen molar-refractivity contribution >= 4 is 0 Å². The largest absolute Gasteiger partial charge is 0.394 e. The Balaban J connectivity index is 2.06. The van der Waals surface area contributed by atoms with E-state index >= 15 is 0 Å². The van der Waals surface area contributed by atoms with Gasteiger partial charge in [-0.3, -0.25) is 0 Å². The maximum Gasteiger partial charge on any atom is 0.184 e. The van der Waals surface area contributed by atoms with Gasteiger partial charge in [-0.25, -0.2) is 0 Å². The van der Waals surface area contributed by atoms with Gasteiger partial charge in [-0.2, -0.15) is 0 Å². The monoisotopic (exact) mass is 340 g/mol. The molecule has 136 valence electrons. The molecule has 0 aliphatic carbocycles. The van der Waals surface area contributed by atoms with Crippen LogP contribution in [0.5, 0.6) is 0 Å². The van der Waals surface area contributed by atoms with Crippen molar-refractivity contribution < 1.29 is 49.6 Å². The molecule has 0 radical (unpaired) electrons. The van der Waals surface area contributed by atoms with Gasteiger partial charge in [0.25, 0.3) is 0 Å². The van der Waals surface area contributed by atoms with Gasteiger partial charge in [0.2, 0.25) is 0 Å². The molecule has 2 fully saturated rings. The van der Waals surface area contributed by atoms with Crippen molar-refractivity contribution in [3.8, 4) is 0 Å². The zero-order chi connectivity index (χ0) is 17.1. The van der Waals surface area contributed by atoms with Crippen molar-refractivity contribution in [1.82, 2.24) is 0 Å². The number of ether oxygens (including phenoxy) is 4. The summed E-state index contributed by atoms with van der Waals surface area (Å²) in [5.41, 5.74) is 0. The lowest BCUT2D eigenvalue weighted by atomic mass is 9.98. The van der Waals surface area contributed by atoms with Gasteiger partial charge in [0.15, 0.2) is 12.6 Å². The van der Waals surface area contributed by atoms with Crippen LogP contribution in [0.25, 0.3) is 0 Å². The van der Waals surface area contributed by atoms with Crippen molar-refractivity contribution in [2.45, 2.75) is 61.7 Å². The van der Waals surface area contributed by atoms with E-state index in [4.69, 9.17) is 18.9 Å². The highest BCUT2D eigenvalue weighted by Gasteiger charge is 2.47. The van der Waals surface area contributed by atoms with E-state index in [9.17, 15) is 30.6 Å². The number of methoxy groups -OCH3 is 1. The summed E-state index contributed by atoms with van der Waals surface area (Å²) in [6.07, 6.45) is -10.7. The lowest BCUT2D eigenvalue weighted by Gasteiger charge is -2.44. The fraction of sp³-hybridized carbons (Fsp3) is 1.00. The Kier molecular flexibility index (Phi) is 6.68. The summed E-state index contributed by atoms with van der Waals surface area (Å²) < 4.78 is 20.9. The van der Waals surface area contributed by atoms with E-state index in [0.29, 0.717) is 0 Å². The standard InChI is InChI=1S/C13H24O10/c1-20-6-2-5(16)13(22-7(6)3-14)23-11-8(4-15)21-12(19)10(18)9(11)17/h5-19H,2-4H2,1H3/t5-,6?,7?,8?,9?,10?,11?,12?,13?/m0/s1. The van der Waals surface area contributed by atoms with Crippen LogP contribution in [-0.4, -0.2) is 106 Å². The quantitative estimate of drug-likeness (QED) is 0.294. The predicted molar refractivity (Wildman–Crippen MR) is 72.0 cm³/mol. The number of aliphatic hydroxyl groups is 6. The number of rotatable bonds is 5. The van der Waals surface area contributed by atoms with Gasteiger partial charge in [0, 0.05) is 13.5 Å². The highest BCUT2D eigenvalue weighted by Crippen LogP contribution is 2.28. The molecule has 2 rings (SSSR count). The molecule has 0 aromatic heterocycles. The second kappa shape index (κ2) is 8.12. The molecule has 0 bridgehead atoms. The molecule has 6 N–H and O–H groups in total. The first-order valence-corrected chi connectivity index (χ1v) is 7.36. The minimum atomic E-state index is -1.66. The van der Waals surface area contributed by atoms with Gasteiger partial charge in [0.05, 0.1) is 19.3 Å². The Hall–Kier alpha value is -0.400. The van der Waals surface area contributed by atoms with Crippen molar-refractivity contribution in [2.75, 3.05) is 20.3 Å². The second-order valence-corrected chi connectivity index (χ2v) is 5.63. The van der Waals surface area contributed by atoms with Gasteiger partial charge in [-0.15, -0.1) is 0 Å². The first-order chi connectivity index (χ1) is 10.9. The van der Waals surface area contributed by atoms with E-state index in [1.54, 1.807) is 0 Å². The summed E-state index contributed by atoms with van der Waals surface area (Å²) in [7, 11) is 1.42. The van der Waals surface area contributed by atoms with Crippen LogP contribution in [0.3, 0.4) is 0 Å². The fourth-order valence-corrected chi connectivity index (χ4v) is 2.77. The van der Waals surface area contributed by atoms with Crippen molar-refractivity contribution in [1.29, 1.82) is 0 Å². The summed E-state index contributed by atoms with van der Waals surface area (Å²) in [6, 6.07) is 0. The topological polar surface area (TPSA) is 158 Å². The van der Waals surface area contributed by atoms with Crippen molar-refractivity contribution in [3.05, 3.63) is 0 Å². The van der Waals surface area contributed by atoms with E-state index in [1.165, 1.54) is 7.11 Å². The van der Waals surface area contributed by atoms with Gasteiger partial charge in [0.1, 0.15) is 36.6 Å². The molecule has 9 atom stereocenters. The number of aliphatic hydroxyl groups excluding tert-OH is 6. The first-order valence-electron chi connectivity index (χ1n) is 7.36. The Morgan fingerprint density at radius 1 is 0.957 bits per heavy atom. The highest BCUT2D eigenvalue weighted by molar-refractivity contribution is 4.91. The van der Waals surface area contributed by atoms with Crippen LogP contribution in [0.15, 0.2) is 0 Å². The number of hydrogen-bond donors (Lipinski definition) is 6. The summed E-state index contributed by atoms with van der Waals surface area (Å²) in [4.78, 5) is 0. The second-order valence-electron chi connectivity index (χ2n) is 5.63. The highest BCUT2D eigenvalue weighted by atomic mass is 16.7. The van der Waals surface area contributed by atoms with Crippen LogP contribution in [0.4, 0.5) is 0 Å². The third-order valence-corrected chi connectivity index (χ3v) is 4.12. The van der Waals surface area contributed by atoms with Gasteiger partial charge in [-0.1, -0.05) is 0 Å². The molecule has 2 heterocycles. The molecule has 23 heavy (non-hydrogen) atoms. The zero-order valence-corrected chi connectivity index (χ0v) is 12.6. The average molecular weight is 340 g/mol. The maximum atomic E-state index is 10.1. The summed E-state index contributed by atoms with van der Waals surface area (Å²) in [5, 5.41) is 57.8. The Bertz CT molecular complexity index is 367. The third kappa shape index (κ3) is 3.99. The molecule has 8 unspecified atom stereocenters. The van der Waals surface area contributed by atoms with E-state index in [0.717, 1.165) is 0 Å². The summed E-state index contributed by atoms with van der Waals surface area (Å²) >= 11 is 0. The third-order valence-electron chi connectivity index (χ3n) is 4.12. The van der Waals surface area contributed by atoms with Crippen LogP contribution in [0.1, 0.15) is 6.42 Å². The Morgan fingerprint density at radius 2 is 1.61 bits per heavy atom. The molecular weight excluding hydrogens is 316 g/mol. The van der Waals surface area contributed by atoms with Gasteiger partial charge >= 0.3 is 0 Å². The SMILES string of the molecule is COC1C[C@H](O)C(OC2C(CO)OC(O)C(O)C2O)OC1CO. The first kappa shape index (κ1) is 18.9. The van der Waals surface area contributed by atoms with Crippen molar-refractivity contribution in [2.24, 2.45) is 0 Å². The van der Waals surface area contributed by atoms with Crippen LogP contribution in [0, 0.1) is 0 Å². The molecule has 0 aromatic rings. The van der Waals surface area contributed by atoms with Crippen LogP contribution >= 0.6 is 0 Å². The summed E-state index contributed by atoms with van der Waals surface area (Å²) in [6.45, 7) is -0.946. The predicted octanol–water partition coefficient (Wildman–Crippen LogP) is -3.71. The van der Waals surface area contributed by atoms with Crippen LogP contribution in [0.2, 0.25) is 0 Å². The molecule has 0 aromatic carbocycles. The van der Waals surface area contributed by atoms with Crippen molar-refractivity contribution in [3.63, 3.8) is 0 Å². The van der Waals surface area contributed by atoms with E-state index < -0.39 is 61.9 Å². The molecule has 2 aliphatic rings. The van der Waals surface area contributed by atoms with Gasteiger partial charge < -0.3 is 49.6 Å². The van der Waals surface area contributed by atoms with E-state index in [2.05, 4.69) is 0 Å². The molecule has 10 heteroatoms. The van der Waals surface area contributed by atoms with Gasteiger partial charge in [-0.05, 0) is 0 Å². The Labute approximate surface area is 132 Å². The van der Waals surface area contributed by atoms with Crippen LogP contribution in [-0.2, 0) is 18.9 Å². The van der Waals surface area contributed by atoms with Crippen LogP contribution < -0.4 is 0 Å². The Morgan fingerprint density at radius 3 is 2.17 bits per heavy atom. The molecule has 0 amide bonds. The normalized spacial score (nSPS) is 48.4.